The maximum atomic E-state index is 4.82. The van der Waals surface area contributed by atoms with E-state index in [9.17, 15) is 0 Å². The van der Waals surface area contributed by atoms with Crippen LogP contribution in [0.2, 0.25) is 0 Å². The van der Waals surface area contributed by atoms with Gasteiger partial charge in [-0.2, -0.15) is 0 Å². The standard InChI is InChI=1S/C38H23N5/c1-3-10-24(11-4-1)42-30-16-8-7-14-26(30)27-17-18-29-34-32(43(37(29)36(27)42)25-12-5-2-6-13-25)20-19-31-33(34)28-15-9-21-39-35(28)38-40-22-23-41(31)38/h1-23H. The molecule has 10 rings (SSSR count). The Morgan fingerprint density at radius 1 is 0.419 bits per heavy atom. The van der Waals surface area contributed by atoms with Crippen molar-refractivity contribution >= 4 is 71.1 Å². The highest BCUT2D eigenvalue weighted by molar-refractivity contribution is 6.32. The molecule has 0 saturated carbocycles. The van der Waals surface area contributed by atoms with E-state index in [4.69, 9.17) is 9.97 Å². The second-order valence-electron chi connectivity index (χ2n) is 11.1. The summed E-state index contributed by atoms with van der Waals surface area (Å²) in [6, 6.07) is 43.5. The fourth-order valence-electron chi connectivity index (χ4n) is 7.25. The van der Waals surface area contributed by atoms with Gasteiger partial charge < -0.3 is 9.13 Å². The second kappa shape index (κ2) is 8.30. The summed E-state index contributed by atoms with van der Waals surface area (Å²) in [6.07, 6.45) is 5.76. The molecule has 5 heterocycles. The Bertz CT molecular complexity index is 2710. The van der Waals surface area contributed by atoms with Crippen LogP contribution in [0.4, 0.5) is 0 Å². The minimum absolute atomic E-state index is 0.876. The topological polar surface area (TPSA) is 40.1 Å². The van der Waals surface area contributed by atoms with Gasteiger partial charge in [-0.1, -0.05) is 72.8 Å². The van der Waals surface area contributed by atoms with Crippen molar-refractivity contribution in [3.63, 3.8) is 0 Å². The highest BCUT2D eigenvalue weighted by Gasteiger charge is 2.23. The summed E-state index contributed by atoms with van der Waals surface area (Å²) < 4.78 is 7.06. The molecule has 0 aliphatic heterocycles. The Balaban J connectivity index is 1.54. The molecule has 5 aromatic heterocycles. The predicted octanol–water partition coefficient (Wildman–Crippen LogP) is 9.23. The zero-order valence-electron chi connectivity index (χ0n) is 23.0. The van der Waals surface area contributed by atoms with E-state index >= 15 is 0 Å². The van der Waals surface area contributed by atoms with Crippen molar-refractivity contribution in [1.29, 1.82) is 0 Å². The molecule has 0 atom stereocenters. The predicted molar refractivity (Wildman–Crippen MR) is 177 cm³/mol. The van der Waals surface area contributed by atoms with E-state index in [-0.39, 0.29) is 0 Å². The number of hydrogen-bond donors (Lipinski definition) is 0. The number of para-hydroxylation sites is 3. The lowest BCUT2D eigenvalue weighted by Crippen LogP contribution is -1.98. The molecule has 0 aliphatic rings. The number of aromatic nitrogens is 5. The molecule has 5 nitrogen and oxygen atoms in total. The molecule has 10 aromatic rings. The molecule has 0 N–H and O–H groups in total. The van der Waals surface area contributed by atoms with Crippen molar-refractivity contribution in [3.8, 4) is 11.4 Å². The quantitative estimate of drug-likeness (QED) is 0.202. The maximum Gasteiger partial charge on any atom is 0.163 e. The molecular formula is C38H23N5. The van der Waals surface area contributed by atoms with Crippen LogP contribution in [0.3, 0.4) is 0 Å². The first-order chi connectivity index (χ1) is 21.4. The molecule has 0 bridgehead atoms. The molecular weight excluding hydrogens is 526 g/mol. The number of nitrogens with zero attached hydrogens (tertiary/aromatic N) is 5. The Labute approximate surface area is 245 Å². The SMILES string of the molecule is c1ccc(-n2c3ccccc3c3ccc4c5c6c7cccnc7c7nccn7c6ccc5n(-c5ccccc5)c4c32)cc1. The molecule has 200 valence electrons. The third-order valence-electron chi connectivity index (χ3n) is 8.92. The first-order valence-corrected chi connectivity index (χ1v) is 14.5. The average Bonchev–Trinajstić information content (AvgIpc) is 3.78. The summed E-state index contributed by atoms with van der Waals surface area (Å²) in [7, 11) is 0. The molecule has 0 unspecified atom stereocenters. The number of benzene rings is 5. The monoisotopic (exact) mass is 549 g/mol. The lowest BCUT2D eigenvalue weighted by molar-refractivity contribution is 1.15. The third kappa shape index (κ3) is 2.90. The van der Waals surface area contributed by atoms with E-state index < -0.39 is 0 Å². The van der Waals surface area contributed by atoms with Gasteiger partial charge in [-0.3, -0.25) is 9.38 Å². The Kier molecular flexibility index (Phi) is 4.39. The van der Waals surface area contributed by atoms with Crippen LogP contribution < -0.4 is 0 Å². The summed E-state index contributed by atoms with van der Waals surface area (Å²) >= 11 is 0. The van der Waals surface area contributed by atoms with E-state index in [1.165, 1.54) is 43.5 Å². The molecule has 0 saturated heterocycles. The largest absolute Gasteiger partial charge is 0.307 e. The molecule has 5 aromatic carbocycles. The Hall–Kier alpha value is -5.94. The van der Waals surface area contributed by atoms with Gasteiger partial charge in [0.1, 0.15) is 5.52 Å². The Morgan fingerprint density at radius 3 is 1.86 bits per heavy atom. The number of pyridine rings is 2. The van der Waals surface area contributed by atoms with Crippen LogP contribution in [0.1, 0.15) is 0 Å². The first kappa shape index (κ1) is 22.7. The van der Waals surface area contributed by atoms with Crippen LogP contribution in [0.15, 0.2) is 140 Å². The minimum Gasteiger partial charge on any atom is -0.307 e. The molecule has 0 radical (unpaired) electrons. The van der Waals surface area contributed by atoms with Gasteiger partial charge in [0.2, 0.25) is 0 Å². The highest BCUT2D eigenvalue weighted by atomic mass is 15.0. The normalized spacial score (nSPS) is 12.2. The van der Waals surface area contributed by atoms with E-state index in [1.54, 1.807) is 0 Å². The highest BCUT2D eigenvalue weighted by Crippen LogP contribution is 2.45. The molecule has 43 heavy (non-hydrogen) atoms. The van der Waals surface area contributed by atoms with Crippen molar-refractivity contribution in [2.45, 2.75) is 0 Å². The van der Waals surface area contributed by atoms with E-state index in [0.717, 1.165) is 39.0 Å². The van der Waals surface area contributed by atoms with Crippen LogP contribution in [0.25, 0.3) is 82.4 Å². The third-order valence-corrected chi connectivity index (χ3v) is 8.92. The van der Waals surface area contributed by atoms with Crippen molar-refractivity contribution in [1.82, 2.24) is 23.5 Å². The fraction of sp³-hybridized carbons (Fsp3) is 0. The van der Waals surface area contributed by atoms with Crippen LogP contribution in [0.5, 0.6) is 0 Å². The van der Waals surface area contributed by atoms with Crippen LogP contribution in [0, 0.1) is 0 Å². The number of hydrogen-bond acceptors (Lipinski definition) is 2. The van der Waals surface area contributed by atoms with Gasteiger partial charge in [0, 0.05) is 62.3 Å². The minimum atomic E-state index is 0.876. The summed E-state index contributed by atoms with van der Waals surface area (Å²) in [5.41, 5.74) is 9.93. The molecule has 5 heteroatoms. The van der Waals surface area contributed by atoms with Crippen LogP contribution >= 0.6 is 0 Å². The summed E-state index contributed by atoms with van der Waals surface area (Å²) in [5, 5.41) is 7.20. The van der Waals surface area contributed by atoms with Gasteiger partial charge in [-0.15, -0.1) is 0 Å². The molecule has 0 spiro atoms. The number of fused-ring (bicyclic) bond motifs is 14. The van der Waals surface area contributed by atoms with E-state index in [1.807, 2.05) is 24.7 Å². The van der Waals surface area contributed by atoms with Crippen molar-refractivity contribution in [3.05, 3.63) is 140 Å². The van der Waals surface area contributed by atoms with Crippen molar-refractivity contribution < 1.29 is 0 Å². The number of imidazole rings is 1. The summed E-state index contributed by atoms with van der Waals surface area (Å²) in [5.74, 6) is 0. The zero-order chi connectivity index (χ0) is 28.1. The van der Waals surface area contributed by atoms with Gasteiger partial charge in [0.15, 0.2) is 5.65 Å². The molecule has 0 amide bonds. The average molecular weight is 550 g/mol. The second-order valence-corrected chi connectivity index (χ2v) is 11.1. The van der Waals surface area contributed by atoms with Crippen molar-refractivity contribution in [2.75, 3.05) is 0 Å². The van der Waals surface area contributed by atoms with Gasteiger partial charge in [0.05, 0.1) is 27.6 Å². The Morgan fingerprint density at radius 2 is 1.05 bits per heavy atom. The molecule has 0 aliphatic carbocycles. The maximum absolute atomic E-state index is 4.82. The smallest absolute Gasteiger partial charge is 0.163 e. The van der Waals surface area contributed by atoms with Gasteiger partial charge in [-0.25, -0.2) is 4.98 Å². The van der Waals surface area contributed by atoms with E-state index in [2.05, 4.69) is 129 Å². The first-order valence-electron chi connectivity index (χ1n) is 14.5. The lowest BCUT2D eigenvalue weighted by atomic mass is 10.0. The van der Waals surface area contributed by atoms with Gasteiger partial charge >= 0.3 is 0 Å². The van der Waals surface area contributed by atoms with Crippen molar-refractivity contribution in [2.24, 2.45) is 0 Å². The van der Waals surface area contributed by atoms with Crippen LogP contribution in [-0.2, 0) is 0 Å². The number of rotatable bonds is 2. The van der Waals surface area contributed by atoms with Crippen LogP contribution in [-0.4, -0.2) is 23.5 Å². The summed E-state index contributed by atoms with van der Waals surface area (Å²) in [4.78, 5) is 9.52. The fourth-order valence-corrected chi connectivity index (χ4v) is 7.25. The van der Waals surface area contributed by atoms with Gasteiger partial charge in [0.25, 0.3) is 0 Å². The lowest BCUT2D eigenvalue weighted by Gasteiger charge is -2.12. The summed E-state index contributed by atoms with van der Waals surface area (Å²) in [6.45, 7) is 0. The zero-order valence-corrected chi connectivity index (χ0v) is 23.0. The van der Waals surface area contributed by atoms with E-state index in [0.29, 0.717) is 0 Å². The van der Waals surface area contributed by atoms with Gasteiger partial charge in [-0.05, 0) is 48.5 Å². The molecule has 0 fully saturated rings.